The van der Waals surface area contributed by atoms with E-state index in [1.807, 2.05) is 13.0 Å². The van der Waals surface area contributed by atoms with E-state index in [9.17, 15) is 9.59 Å². The van der Waals surface area contributed by atoms with Crippen molar-refractivity contribution in [2.45, 2.75) is 20.3 Å². The zero-order valence-electron chi connectivity index (χ0n) is 17.1. The summed E-state index contributed by atoms with van der Waals surface area (Å²) in [5, 5.41) is 12.6. The molecule has 3 aromatic heterocycles. The lowest BCUT2D eigenvalue weighted by Gasteiger charge is -2.05. The standard InChI is InChI=1S/C21H20N6O4/c1-3-30-16-9-7-15(8-10-16)27-21-24-23-17(12-14-6-5-11-22-13-14)19(28)26(21)18(25-27)20(29)31-4-2/h5-11,13H,3-4,12H2,1-2H3. The van der Waals surface area contributed by atoms with Crippen molar-refractivity contribution < 1.29 is 14.3 Å². The minimum atomic E-state index is -0.723. The number of carbonyl (C=O) groups excluding carboxylic acids is 1. The van der Waals surface area contributed by atoms with Gasteiger partial charge in [-0.15, -0.1) is 15.3 Å². The fourth-order valence-electron chi connectivity index (χ4n) is 3.08. The van der Waals surface area contributed by atoms with Crippen LogP contribution in [0.1, 0.15) is 35.7 Å². The van der Waals surface area contributed by atoms with Crippen LogP contribution in [-0.4, -0.2) is 48.5 Å². The summed E-state index contributed by atoms with van der Waals surface area (Å²) in [7, 11) is 0. The third-order valence-corrected chi connectivity index (χ3v) is 4.45. The first-order valence-corrected chi connectivity index (χ1v) is 9.79. The van der Waals surface area contributed by atoms with Gasteiger partial charge in [-0.1, -0.05) is 6.07 Å². The highest BCUT2D eigenvalue weighted by Gasteiger charge is 2.23. The number of esters is 1. The highest BCUT2D eigenvalue weighted by molar-refractivity contribution is 5.86. The number of hydrogen-bond donors (Lipinski definition) is 0. The zero-order valence-corrected chi connectivity index (χ0v) is 17.1. The molecule has 0 fully saturated rings. The van der Waals surface area contributed by atoms with E-state index in [-0.39, 0.29) is 30.3 Å². The average molecular weight is 420 g/mol. The molecule has 0 aliphatic carbocycles. The third-order valence-electron chi connectivity index (χ3n) is 4.45. The Bertz CT molecular complexity index is 1270. The van der Waals surface area contributed by atoms with E-state index in [4.69, 9.17) is 9.47 Å². The molecular formula is C21H20N6O4. The zero-order chi connectivity index (χ0) is 21.8. The Labute approximate surface area is 177 Å². The Balaban J connectivity index is 1.85. The van der Waals surface area contributed by atoms with Crippen LogP contribution in [0.25, 0.3) is 11.5 Å². The predicted molar refractivity (Wildman–Crippen MR) is 111 cm³/mol. The van der Waals surface area contributed by atoms with Gasteiger partial charge in [0, 0.05) is 18.8 Å². The highest BCUT2D eigenvalue weighted by atomic mass is 16.5. The maximum Gasteiger partial charge on any atom is 0.376 e. The van der Waals surface area contributed by atoms with Gasteiger partial charge in [0.15, 0.2) is 0 Å². The molecule has 4 rings (SSSR count). The van der Waals surface area contributed by atoms with Crippen LogP contribution >= 0.6 is 0 Å². The van der Waals surface area contributed by atoms with Crippen molar-refractivity contribution in [2.24, 2.45) is 0 Å². The number of benzene rings is 1. The molecule has 158 valence electrons. The van der Waals surface area contributed by atoms with Gasteiger partial charge in [0.25, 0.3) is 11.3 Å². The van der Waals surface area contributed by atoms with Gasteiger partial charge >= 0.3 is 5.97 Å². The van der Waals surface area contributed by atoms with Gasteiger partial charge in [0.05, 0.1) is 18.9 Å². The second-order valence-corrected chi connectivity index (χ2v) is 6.51. The minimum Gasteiger partial charge on any atom is -0.494 e. The van der Waals surface area contributed by atoms with Crippen LogP contribution in [0, 0.1) is 0 Å². The molecule has 0 amide bonds. The van der Waals surface area contributed by atoms with Gasteiger partial charge in [0.2, 0.25) is 5.82 Å². The second-order valence-electron chi connectivity index (χ2n) is 6.51. The molecule has 0 saturated carbocycles. The van der Waals surface area contributed by atoms with Gasteiger partial charge in [-0.3, -0.25) is 9.78 Å². The van der Waals surface area contributed by atoms with E-state index in [0.29, 0.717) is 18.0 Å². The molecule has 0 unspecified atom stereocenters. The van der Waals surface area contributed by atoms with E-state index in [0.717, 1.165) is 9.96 Å². The first kappa shape index (κ1) is 20.2. The van der Waals surface area contributed by atoms with Gasteiger partial charge in [-0.05, 0) is 49.7 Å². The van der Waals surface area contributed by atoms with Gasteiger partial charge in [0.1, 0.15) is 11.4 Å². The molecule has 1 aromatic carbocycles. The summed E-state index contributed by atoms with van der Waals surface area (Å²) in [5.41, 5.74) is 1.06. The molecule has 10 nitrogen and oxygen atoms in total. The number of nitrogens with zero attached hydrogens (tertiary/aromatic N) is 6. The van der Waals surface area contributed by atoms with E-state index in [2.05, 4.69) is 20.3 Å². The van der Waals surface area contributed by atoms with Crippen molar-refractivity contribution in [3.05, 3.63) is 76.2 Å². The number of ether oxygens (including phenoxy) is 2. The Kier molecular flexibility index (Phi) is 5.69. The summed E-state index contributed by atoms with van der Waals surface area (Å²) in [5.74, 6) is -0.0971. The Hall–Kier alpha value is -4.08. The van der Waals surface area contributed by atoms with Crippen molar-refractivity contribution in [3.8, 4) is 11.4 Å². The first-order chi connectivity index (χ1) is 15.1. The summed E-state index contributed by atoms with van der Waals surface area (Å²) in [6.45, 7) is 4.26. The molecule has 10 heteroatoms. The molecule has 0 bridgehead atoms. The molecule has 0 atom stereocenters. The predicted octanol–water partition coefficient (Wildman–Crippen LogP) is 1.84. The first-order valence-electron chi connectivity index (χ1n) is 9.79. The number of rotatable bonds is 7. The van der Waals surface area contributed by atoms with Crippen LogP contribution in [0.15, 0.2) is 53.6 Å². The average Bonchev–Trinajstić information content (AvgIpc) is 3.18. The number of carbonyl (C=O) groups is 1. The molecule has 0 aliphatic rings. The minimum absolute atomic E-state index is 0.104. The number of aromatic nitrogens is 6. The SMILES string of the molecule is CCOC(=O)c1nn(-c2ccc(OCC)cc2)c2nnc(Cc3cccnc3)c(=O)n12. The van der Waals surface area contributed by atoms with Crippen LogP contribution in [0.2, 0.25) is 0 Å². The lowest BCUT2D eigenvalue weighted by Crippen LogP contribution is -2.25. The van der Waals surface area contributed by atoms with Crippen molar-refractivity contribution in [1.29, 1.82) is 0 Å². The lowest BCUT2D eigenvalue weighted by molar-refractivity contribution is 0.0509. The van der Waals surface area contributed by atoms with Crippen molar-refractivity contribution in [1.82, 2.24) is 29.4 Å². The van der Waals surface area contributed by atoms with E-state index < -0.39 is 11.5 Å². The third kappa shape index (κ3) is 4.00. The maximum absolute atomic E-state index is 13.2. The number of pyridine rings is 1. The van der Waals surface area contributed by atoms with E-state index in [1.165, 1.54) is 4.68 Å². The van der Waals surface area contributed by atoms with Crippen LogP contribution < -0.4 is 10.3 Å². The summed E-state index contributed by atoms with van der Waals surface area (Å²) < 4.78 is 13.1. The normalized spacial score (nSPS) is 10.9. The topological polar surface area (TPSA) is 114 Å². The van der Waals surface area contributed by atoms with Crippen molar-refractivity contribution in [3.63, 3.8) is 0 Å². The molecule has 0 spiro atoms. The smallest absolute Gasteiger partial charge is 0.376 e. The largest absolute Gasteiger partial charge is 0.494 e. The number of fused-ring (bicyclic) bond motifs is 1. The Morgan fingerprint density at radius 3 is 2.55 bits per heavy atom. The van der Waals surface area contributed by atoms with E-state index in [1.54, 1.807) is 49.6 Å². The van der Waals surface area contributed by atoms with Crippen LogP contribution in [0.3, 0.4) is 0 Å². The molecule has 0 aliphatic heterocycles. The molecule has 31 heavy (non-hydrogen) atoms. The summed E-state index contributed by atoms with van der Waals surface area (Å²) in [6.07, 6.45) is 3.51. The van der Waals surface area contributed by atoms with Crippen molar-refractivity contribution in [2.75, 3.05) is 13.2 Å². The molecule has 0 N–H and O–H groups in total. The number of hydrogen-bond acceptors (Lipinski definition) is 8. The Morgan fingerprint density at radius 2 is 1.87 bits per heavy atom. The summed E-state index contributed by atoms with van der Waals surface area (Å²) in [4.78, 5) is 29.8. The summed E-state index contributed by atoms with van der Waals surface area (Å²) >= 11 is 0. The summed E-state index contributed by atoms with van der Waals surface area (Å²) in [6, 6.07) is 10.6. The monoisotopic (exact) mass is 420 g/mol. The van der Waals surface area contributed by atoms with Crippen LogP contribution in [0.4, 0.5) is 0 Å². The van der Waals surface area contributed by atoms with Crippen LogP contribution in [-0.2, 0) is 11.2 Å². The van der Waals surface area contributed by atoms with Gasteiger partial charge in [-0.25, -0.2) is 9.20 Å². The molecule has 0 saturated heterocycles. The maximum atomic E-state index is 13.2. The van der Waals surface area contributed by atoms with Crippen LogP contribution in [0.5, 0.6) is 5.75 Å². The molecule has 4 aromatic rings. The lowest BCUT2D eigenvalue weighted by atomic mass is 10.2. The molecule has 0 radical (unpaired) electrons. The Morgan fingerprint density at radius 1 is 1.06 bits per heavy atom. The fraction of sp³-hybridized carbons (Fsp3) is 0.238. The second kappa shape index (κ2) is 8.74. The van der Waals surface area contributed by atoms with Gasteiger partial charge in [-0.2, -0.15) is 4.68 Å². The molecule has 3 heterocycles. The fourth-order valence-corrected chi connectivity index (χ4v) is 3.08. The quantitative estimate of drug-likeness (QED) is 0.416. The highest BCUT2D eigenvalue weighted by Crippen LogP contribution is 2.17. The van der Waals surface area contributed by atoms with E-state index >= 15 is 0 Å². The van der Waals surface area contributed by atoms with Crippen molar-refractivity contribution >= 4 is 11.7 Å². The molecular weight excluding hydrogens is 400 g/mol. The van der Waals surface area contributed by atoms with Gasteiger partial charge < -0.3 is 9.47 Å².